The summed E-state index contributed by atoms with van der Waals surface area (Å²) in [6, 6.07) is 31.0. The van der Waals surface area contributed by atoms with Gasteiger partial charge in [-0.1, -0.05) is 105 Å². The Morgan fingerprint density at radius 3 is 2.04 bits per heavy atom. The Balaban J connectivity index is 1.17. The Hall–Kier alpha value is -3.28. The molecule has 0 aromatic heterocycles. The fourth-order valence-corrected chi connectivity index (χ4v) is 10.8. The van der Waals surface area contributed by atoms with Gasteiger partial charge in [0.2, 0.25) is 5.60 Å². The molecule has 0 heterocycles. The maximum Gasteiger partial charge on any atom is 0.344 e. The van der Waals surface area contributed by atoms with E-state index in [2.05, 4.69) is 67.3 Å². The van der Waals surface area contributed by atoms with Gasteiger partial charge >= 0.3 is 5.97 Å². The van der Waals surface area contributed by atoms with E-state index in [0.29, 0.717) is 49.1 Å². The zero-order valence-corrected chi connectivity index (χ0v) is 29.1. The molecule has 0 aliphatic heterocycles. The molecular formula is C43H53NO4. The molecule has 4 saturated carbocycles. The van der Waals surface area contributed by atoms with E-state index in [4.69, 9.17) is 9.47 Å². The number of benzene rings is 3. The summed E-state index contributed by atoms with van der Waals surface area (Å²) < 4.78 is 12.9. The SMILES string of the molecule is COC(=O)[C@](CN(Cc1ccccc1)Cc1ccccc1)(O[C@H]1CC[C@@]2(C)[C@@H](CCC3[C@@H]2CC[C@]2(C)C(=O)CC[C@@H]32)C1)c1ccccc1. The highest BCUT2D eigenvalue weighted by Gasteiger charge is 2.60. The van der Waals surface area contributed by atoms with Crippen molar-refractivity contribution in [1.29, 1.82) is 0 Å². The van der Waals surface area contributed by atoms with Crippen molar-refractivity contribution in [3.63, 3.8) is 0 Å². The van der Waals surface area contributed by atoms with Gasteiger partial charge in [-0.25, -0.2) is 4.79 Å². The minimum Gasteiger partial charge on any atom is -0.467 e. The smallest absolute Gasteiger partial charge is 0.344 e. The third kappa shape index (κ3) is 6.07. The van der Waals surface area contributed by atoms with Crippen molar-refractivity contribution >= 4 is 11.8 Å². The Morgan fingerprint density at radius 2 is 1.42 bits per heavy atom. The molecule has 1 unspecified atom stereocenters. The molecule has 5 nitrogen and oxygen atoms in total. The number of hydrogen-bond donors (Lipinski definition) is 0. The van der Waals surface area contributed by atoms with E-state index in [1.165, 1.54) is 37.5 Å². The first-order valence-corrected chi connectivity index (χ1v) is 18.4. The van der Waals surface area contributed by atoms with Crippen LogP contribution < -0.4 is 0 Å². The van der Waals surface area contributed by atoms with Crippen LogP contribution in [0.4, 0.5) is 0 Å². The second-order valence-corrected chi connectivity index (χ2v) is 15.9. The second kappa shape index (κ2) is 13.6. The lowest BCUT2D eigenvalue weighted by Gasteiger charge is -2.60. The molecule has 4 aliphatic rings. The Bertz CT molecular complexity index is 1520. The third-order valence-electron chi connectivity index (χ3n) is 13.4. The van der Waals surface area contributed by atoms with Gasteiger partial charge in [0, 0.05) is 31.5 Å². The first-order chi connectivity index (χ1) is 23.2. The van der Waals surface area contributed by atoms with Crippen LogP contribution in [-0.2, 0) is 37.8 Å². The monoisotopic (exact) mass is 647 g/mol. The van der Waals surface area contributed by atoms with Gasteiger partial charge in [-0.3, -0.25) is 9.69 Å². The number of hydrogen-bond acceptors (Lipinski definition) is 5. The molecule has 8 atom stereocenters. The Morgan fingerprint density at radius 1 is 0.792 bits per heavy atom. The topological polar surface area (TPSA) is 55.8 Å². The number of nitrogens with zero attached hydrogens (tertiary/aromatic N) is 1. The average molecular weight is 648 g/mol. The second-order valence-electron chi connectivity index (χ2n) is 15.9. The van der Waals surface area contributed by atoms with Gasteiger partial charge in [-0.2, -0.15) is 0 Å². The van der Waals surface area contributed by atoms with Gasteiger partial charge in [0.05, 0.1) is 13.2 Å². The first-order valence-electron chi connectivity index (χ1n) is 18.4. The Kier molecular flexibility index (Phi) is 9.38. The van der Waals surface area contributed by atoms with Crippen LogP contribution in [0.3, 0.4) is 0 Å². The summed E-state index contributed by atoms with van der Waals surface area (Å²) in [5.41, 5.74) is 2.12. The molecule has 4 fully saturated rings. The molecule has 0 amide bonds. The molecule has 0 radical (unpaired) electrons. The van der Waals surface area contributed by atoms with Gasteiger partial charge in [-0.15, -0.1) is 0 Å². The molecule has 0 spiro atoms. The molecule has 254 valence electrons. The molecule has 0 bridgehead atoms. The van der Waals surface area contributed by atoms with Crippen LogP contribution in [0.25, 0.3) is 0 Å². The summed E-state index contributed by atoms with van der Waals surface area (Å²) in [5, 5.41) is 0. The lowest BCUT2D eigenvalue weighted by Crippen LogP contribution is -2.56. The van der Waals surface area contributed by atoms with Crippen LogP contribution in [0.1, 0.15) is 88.3 Å². The molecule has 5 heteroatoms. The number of Topliss-reactive ketones (excluding diaryl/α,β-unsaturated/α-hetero) is 1. The van der Waals surface area contributed by atoms with Crippen molar-refractivity contribution in [1.82, 2.24) is 4.90 Å². The minimum atomic E-state index is -1.27. The summed E-state index contributed by atoms with van der Waals surface area (Å²) in [6.45, 7) is 6.57. The summed E-state index contributed by atoms with van der Waals surface area (Å²) in [6.07, 6.45) is 9.44. The third-order valence-corrected chi connectivity index (χ3v) is 13.4. The van der Waals surface area contributed by atoms with Gasteiger partial charge in [0.1, 0.15) is 5.78 Å². The predicted octanol–water partition coefficient (Wildman–Crippen LogP) is 8.75. The number of carbonyl (C=O) groups excluding carboxylic acids is 2. The Labute approximate surface area is 287 Å². The van der Waals surface area contributed by atoms with E-state index < -0.39 is 5.60 Å². The highest BCUT2D eigenvalue weighted by molar-refractivity contribution is 5.87. The van der Waals surface area contributed by atoms with Crippen LogP contribution in [-0.4, -0.2) is 36.4 Å². The standard InChI is InChI=1S/C43H53NO4/c1-41-25-23-35(27-34(41)19-20-36-37-21-22-39(45)42(37,2)26-24-38(36)41)48-43(40(46)47-3,33-17-11-6-12-18-33)30-44(28-31-13-7-4-8-14-31)29-32-15-9-5-10-16-32/h4-18,34-38H,19-30H2,1-3H3/t34-,35-,36?,37-,38-,41-,42-,43+/m0/s1. The molecule has 7 rings (SSSR count). The molecule has 4 aliphatic carbocycles. The van der Waals surface area contributed by atoms with E-state index in [9.17, 15) is 9.59 Å². The zero-order chi connectivity index (χ0) is 33.4. The van der Waals surface area contributed by atoms with E-state index in [1.807, 2.05) is 42.5 Å². The van der Waals surface area contributed by atoms with E-state index in [1.54, 1.807) is 0 Å². The number of ether oxygens (including phenoxy) is 2. The van der Waals surface area contributed by atoms with Gasteiger partial charge in [0.25, 0.3) is 0 Å². The average Bonchev–Trinajstić information content (AvgIpc) is 3.42. The van der Waals surface area contributed by atoms with Crippen molar-refractivity contribution in [2.75, 3.05) is 13.7 Å². The van der Waals surface area contributed by atoms with Crippen molar-refractivity contribution in [3.8, 4) is 0 Å². The maximum atomic E-state index is 14.2. The number of fused-ring (bicyclic) bond motifs is 5. The summed E-state index contributed by atoms with van der Waals surface area (Å²) in [7, 11) is 1.49. The predicted molar refractivity (Wildman–Crippen MR) is 189 cm³/mol. The fourth-order valence-electron chi connectivity index (χ4n) is 10.8. The maximum absolute atomic E-state index is 14.2. The highest BCUT2D eigenvalue weighted by Crippen LogP contribution is 2.65. The van der Waals surface area contributed by atoms with Crippen molar-refractivity contribution in [3.05, 3.63) is 108 Å². The van der Waals surface area contributed by atoms with Gasteiger partial charge in [-0.05, 0) is 97.1 Å². The summed E-state index contributed by atoms with van der Waals surface area (Å²) in [4.78, 5) is 29.5. The molecule has 3 aromatic carbocycles. The molecule has 3 aromatic rings. The first kappa shape index (κ1) is 33.2. The van der Waals surface area contributed by atoms with E-state index in [0.717, 1.165) is 44.1 Å². The zero-order valence-electron chi connectivity index (χ0n) is 29.1. The van der Waals surface area contributed by atoms with Crippen LogP contribution >= 0.6 is 0 Å². The van der Waals surface area contributed by atoms with Crippen molar-refractivity contribution in [2.45, 2.75) is 96.4 Å². The van der Waals surface area contributed by atoms with E-state index in [-0.39, 0.29) is 22.9 Å². The largest absolute Gasteiger partial charge is 0.467 e. The normalized spacial score (nSPS) is 32.5. The fraction of sp³-hybridized carbons (Fsp3) is 0.535. The van der Waals surface area contributed by atoms with Crippen LogP contribution in [0.5, 0.6) is 0 Å². The number of ketones is 1. The molecular weight excluding hydrogens is 594 g/mol. The lowest BCUT2D eigenvalue weighted by atomic mass is 9.45. The molecule has 0 N–H and O–H groups in total. The number of carbonyl (C=O) groups is 2. The van der Waals surface area contributed by atoms with Gasteiger partial charge in [0.15, 0.2) is 0 Å². The minimum absolute atomic E-state index is 0.0452. The highest BCUT2D eigenvalue weighted by atomic mass is 16.6. The molecule has 48 heavy (non-hydrogen) atoms. The van der Waals surface area contributed by atoms with Crippen molar-refractivity contribution in [2.24, 2.45) is 34.5 Å². The van der Waals surface area contributed by atoms with Crippen LogP contribution in [0.2, 0.25) is 0 Å². The van der Waals surface area contributed by atoms with Crippen LogP contribution in [0, 0.1) is 34.5 Å². The summed E-state index contributed by atoms with van der Waals surface area (Å²) in [5.74, 6) is 2.62. The molecule has 0 saturated heterocycles. The quantitative estimate of drug-likeness (QED) is 0.206. The number of methoxy groups -OCH3 is 1. The number of esters is 1. The van der Waals surface area contributed by atoms with E-state index >= 15 is 0 Å². The number of rotatable bonds is 10. The summed E-state index contributed by atoms with van der Waals surface area (Å²) >= 11 is 0. The van der Waals surface area contributed by atoms with Gasteiger partial charge < -0.3 is 9.47 Å². The van der Waals surface area contributed by atoms with Crippen molar-refractivity contribution < 1.29 is 19.1 Å². The van der Waals surface area contributed by atoms with Crippen LogP contribution in [0.15, 0.2) is 91.0 Å². The lowest BCUT2D eigenvalue weighted by molar-refractivity contribution is -0.198.